The van der Waals surface area contributed by atoms with Gasteiger partial charge in [-0.1, -0.05) is 0 Å². The average molecular weight is 247 g/mol. The first-order valence-electron chi connectivity index (χ1n) is 6.01. The lowest BCUT2D eigenvalue weighted by Crippen LogP contribution is -2.42. The molecule has 18 heavy (non-hydrogen) atoms. The molecule has 1 aromatic heterocycles. The highest BCUT2D eigenvalue weighted by atomic mass is 16.5. The van der Waals surface area contributed by atoms with Crippen LogP contribution in [0, 0.1) is 0 Å². The van der Waals surface area contributed by atoms with Gasteiger partial charge in [-0.05, 0) is 19.1 Å². The fourth-order valence-electron chi connectivity index (χ4n) is 2.32. The van der Waals surface area contributed by atoms with Crippen molar-refractivity contribution in [1.82, 2.24) is 9.97 Å². The lowest BCUT2D eigenvalue weighted by atomic mass is 9.85. The Balaban J connectivity index is 2.08. The fourth-order valence-corrected chi connectivity index (χ4v) is 2.32. The van der Waals surface area contributed by atoms with Crippen LogP contribution in [0.15, 0.2) is 18.2 Å². The maximum atomic E-state index is 6.11. The monoisotopic (exact) mass is 247 g/mol. The molecule has 1 aromatic carbocycles. The van der Waals surface area contributed by atoms with Gasteiger partial charge in [-0.3, -0.25) is 0 Å². The van der Waals surface area contributed by atoms with Crippen LogP contribution in [0.25, 0.3) is 11.0 Å². The molecule has 0 spiro atoms. The third-order valence-electron chi connectivity index (χ3n) is 3.75. The smallest absolute Gasteiger partial charge is 0.121 e. The van der Waals surface area contributed by atoms with Gasteiger partial charge < -0.3 is 20.2 Å². The number of nitrogens with zero attached hydrogens (tertiary/aromatic N) is 1. The molecule has 2 heterocycles. The summed E-state index contributed by atoms with van der Waals surface area (Å²) in [7, 11) is 1.65. The summed E-state index contributed by atoms with van der Waals surface area (Å²) in [6, 6.07) is 5.76. The highest BCUT2D eigenvalue weighted by molar-refractivity contribution is 5.77. The van der Waals surface area contributed by atoms with E-state index in [1.165, 1.54) is 0 Å². The molecule has 3 rings (SSSR count). The molecule has 0 radical (unpaired) electrons. The van der Waals surface area contributed by atoms with Crippen molar-refractivity contribution in [2.45, 2.75) is 18.4 Å². The predicted octanol–water partition coefficient (Wildman–Crippen LogP) is 1.19. The maximum Gasteiger partial charge on any atom is 0.121 e. The zero-order chi connectivity index (χ0) is 12.8. The van der Waals surface area contributed by atoms with E-state index in [-0.39, 0.29) is 11.5 Å². The number of rotatable bonds is 2. The molecule has 0 aliphatic carbocycles. The Morgan fingerprint density at radius 2 is 2.39 bits per heavy atom. The Morgan fingerprint density at radius 3 is 3.06 bits per heavy atom. The summed E-state index contributed by atoms with van der Waals surface area (Å²) in [5.41, 5.74) is 7.75. The van der Waals surface area contributed by atoms with Crippen molar-refractivity contribution < 1.29 is 9.47 Å². The summed E-state index contributed by atoms with van der Waals surface area (Å²) in [6.07, 6.45) is 0. The molecule has 2 aromatic rings. The van der Waals surface area contributed by atoms with Gasteiger partial charge >= 0.3 is 0 Å². The van der Waals surface area contributed by atoms with Crippen LogP contribution >= 0.6 is 0 Å². The molecule has 1 aliphatic rings. The Labute approximate surface area is 105 Å². The van der Waals surface area contributed by atoms with E-state index in [0.29, 0.717) is 13.2 Å². The van der Waals surface area contributed by atoms with Crippen molar-refractivity contribution in [2.24, 2.45) is 5.73 Å². The molecule has 1 aliphatic heterocycles. The number of nitrogens with one attached hydrogen (secondary N) is 1. The zero-order valence-corrected chi connectivity index (χ0v) is 10.6. The first-order chi connectivity index (χ1) is 8.63. The van der Waals surface area contributed by atoms with E-state index in [9.17, 15) is 0 Å². The highest BCUT2D eigenvalue weighted by Gasteiger charge is 2.41. The van der Waals surface area contributed by atoms with E-state index in [4.69, 9.17) is 15.2 Å². The van der Waals surface area contributed by atoms with Crippen molar-refractivity contribution in [3.63, 3.8) is 0 Å². The Kier molecular flexibility index (Phi) is 2.53. The molecule has 3 N–H and O–H groups in total. The summed E-state index contributed by atoms with van der Waals surface area (Å²) in [5.74, 6) is 1.70. The van der Waals surface area contributed by atoms with E-state index in [2.05, 4.69) is 16.9 Å². The summed E-state index contributed by atoms with van der Waals surface area (Å²) < 4.78 is 10.7. The van der Waals surface area contributed by atoms with Gasteiger partial charge in [0.15, 0.2) is 0 Å². The quantitative estimate of drug-likeness (QED) is 0.836. The normalized spacial score (nSPS) is 27.8. The van der Waals surface area contributed by atoms with E-state index < -0.39 is 0 Å². The minimum absolute atomic E-state index is 0.0278. The number of hydrogen-bond acceptors (Lipinski definition) is 4. The van der Waals surface area contributed by atoms with Crippen LogP contribution in [0.1, 0.15) is 12.7 Å². The summed E-state index contributed by atoms with van der Waals surface area (Å²) in [4.78, 5) is 7.95. The minimum atomic E-state index is -0.244. The van der Waals surface area contributed by atoms with Crippen LogP contribution in [-0.2, 0) is 10.2 Å². The predicted molar refractivity (Wildman–Crippen MR) is 68.8 cm³/mol. The fraction of sp³-hybridized carbons (Fsp3) is 0.462. The second-order valence-electron chi connectivity index (χ2n) is 5.01. The van der Waals surface area contributed by atoms with E-state index >= 15 is 0 Å². The van der Waals surface area contributed by atoms with Crippen LogP contribution in [-0.4, -0.2) is 36.3 Å². The molecular formula is C13H17N3O2. The van der Waals surface area contributed by atoms with Crippen LogP contribution in [0.4, 0.5) is 0 Å². The molecular weight excluding hydrogens is 230 g/mol. The van der Waals surface area contributed by atoms with Gasteiger partial charge in [0, 0.05) is 12.1 Å². The number of methoxy groups -OCH3 is 1. The SMILES string of the molecule is COc1ccc2nc(C3(C)COCC3N)[nH]c2c1. The lowest BCUT2D eigenvalue weighted by Gasteiger charge is -2.23. The van der Waals surface area contributed by atoms with Crippen LogP contribution in [0.3, 0.4) is 0 Å². The van der Waals surface area contributed by atoms with Crippen LogP contribution in [0.2, 0.25) is 0 Å². The average Bonchev–Trinajstić information content (AvgIpc) is 2.94. The first-order valence-corrected chi connectivity index (χ1v) is 6.01. The van der Waals surface area contributed by atoms with Gasteiger partial charge in [0.05, 0.1) is 36.8 Å². The second kappa shape index (κ2) is 3.96. The Hall–Kier alpha value is -1.59. The number of imidazole rings is 1. The molecule has 96 valence electrons. The number of ether oxygens (including phenoxy) is 2. The first kappa shape index (κ1) is 11.5. The molecule has 0 saturated carbocycles. The molecule has 5 heteroatoms. The molecule has 2 unspecified atom stereocenters. The van der Waals surface area contributed by atoms with E-state index in [0.717, 1.165) is 22.6 Å². The van der Waals surface area contributed by atoms with Gasteiger partial charge in [-0.15, -0.1) is 0 Å². The lowest BCUT2D eigenvalue weighted by molar-refractivity contribution is 0.178. The van der Waals surface area contributed by atoms with Gasteiger partial charge in [-0.25, -0.2) is 4.98 Å². The highest BCUT2D eigenvalue weighted by Crippen LogP contribution is 2.31. The molecule has 0 amide bonds. The number of aromatic nitrogens is 2. The number of benzene rings is 1. The minimum Gasteiger partial charge on any atom is -0.497 e. The number of hydrogen-bond donors (Lipinski definition) is 2. The standard InChI is InChI=1S/C13H17N3O2/c1-13(7-18-6-11(13)14)12-15-9-4-3-8(17-2)5-10(9)16-12/h3-5,11H,6-7,14H2,1-2H3,(H,15,16). The zero-order valence-electron chi connectivity index (χ0n) is 10.6. The molecule has 1 fully saturated rings. The second-order valence-corrected chi connectivity index (χ2v) is 5.01. The van der Waals surface area contributed by atoms with Crippen molar-refractivity contribution in [2.75, 3.05) is 20.3 Å². The van der Waals surface area contributed by atoms with Crippen molar-refractivity contribution >= 4 is 11.0 Å². The van der Waals surface area contributed by atoms with Crippen LogP contribution in [0.5, 0.6) is 5.75 Å². The number of fused-ring (bicyclic) bond motifs is 1. The van der Waals surface area contributed by atoms with E-state index in [1.807, 2.05) is 18.2 Å². The van der Waals surface area contributed by atoms with Gasteiger partial charge in [0.25, 0.3) is 0 Å². The van der Waals surface area contributed by atoms with Crippen LogP contribution < -0.4 is 10.5 Å². The third kappa shape index (κ3) is 1.59. The Morgan fingerprint density at radius 1 is 1.56 bits per heavy atom. The van der Waals surface area contributed by atoms with Crippen molar-refractivity contribution in [3.8, 4) is 5.75 Å². The summed E-state index contributed by atoms with van der Waals surface area (Å²) >= 11 is 0. The molecule has 0 bridgehead atoms. The van der Waals surface area contributed by atoms with Gasteiger partial charge in [0.1, 0.15) is 11.6 Å². The number of H-pyrrole nitrogens is 1. The Bertz CT molecular complexity index is 581. The number of nitrogens with two attached hydrogens (primary N) is 1. The van der Waals surface area contributed by atoms with Crippen molar-refractivity contribution in [1.29, 1.82) is 0 Å². The molecule has 1 saturated heterocycles. The van der Waals surface area contributed by atoms with E-state index in [1.54, 1.807) is 7.11 Å². The van der Waals surface area contributed by atoms with Gasteiger partial charge in [0.2, 0.25) is 0 Å². The number of aromatic amines is 1. The topological polar surface area (TPSA) is 73.2 Å². The molecule has 5 nitrogen and oxygen atoms in total. The largest absolute Gasteiger partial charge is 0.497 e. The summed E-state index contributed by atoms with van der Waals surface area (Å²) in [5, 5.41) is 0. The van der Waals surface area contributed by atoms with Crippen molar-refractivity contribution in [3.05, 3.63) is 24.0 Å². The molecule has 2 atom stereocenters. The maximum absolute atomic E-state index is 6.11. The van der Waals surface area contributed by atoms with Gasteiger partial charge in [-0.2, -0.15) is 0 Å². The summed E-state index contributed by atoms with van der Waals surface area (Å²) in [6.45, 7) is 3.27. The third-order valence-corrected chi connectivity index (χ3v) is 3.75.